The molecule has 6 nitrogen and oxygen atoms in total. The number of carbonyl (C=O) groups is 1. The highest BCUT2D eigenvalue weighted by molar-refractivity contribution is 5.97. The van der Waals surface area contributed by atoms with Gasteiger partial charge >= 0.3 is 5.97 Å². The van der Waals surface area contributed by atoms with E-state index in [0.29, 0.717) is 23.4 Å². The average molecular weight is 300 g/mol. The highest BCUT2D eigenvalue weighted by Gasteiger charge is 2.23. The second-order valence-electron chi connectivity index (χ2n) is 5.74. The largest absolute Gasteiger partial charge is 0.465 e. The second-order valence-corrected chi connectivity index (χ2v) is 5.74. The number of nitrogens with zero attached hydrogens (tertiary/aromatic N) is 2. The van der Waals surface area contributed by atoms with Gasteiger partial charge in [0, 0.05) is 36.1 Å². The fraction of sp³-hybridized carbons (Fsp3) is 0.375. The van der Waals surface area contributed by atoms with Gasteiger partial charge in [0.25, 0.3) is 0 Å². The summed E-state index contributed by atoms with van der Waals surface area (Å²) in [5, 5.41) is 0. The topological polar surface area (TPSA) is 96.2 Å². The first-order chi connectivity index (χ1) is 10.6. The molecule has 22 heavy (non-hydrogen) atoms. The molecular weight excluding hydrogens is 280 g/mol. The number of rotatable bonds is 5. The van der Waals surface area contributed by atoms with Gasteiger partial charge in [0.1, 0.15) is 0 Å². The minimum Gasteiger partial charge on any atom is -0.465 e. The van der Waals surface area contributed by atoms with Crippen LogP contribution in [-0.2, 0) is 17.7 Å². The van der Waals surface area contributed by atoms with E-state index in [1.165, 1.54) is 20.0 Å². The van der Waals surface area contributed by atoms with Gasteiger partial charge < -0.3 is 20.8 Å². The van der Waals surface area contributed by atoms with Gasteiger partial charge in [-0.25, -0.2) is 9.78 Å². The molecule has 116 valence electrons. The van der Waals surface area contributed by atoms with Crippen molar-refractivity contribution in [2.45, 2.75) is 25.8 Å². The number of imidazole rings is 1. The van der Waals surface area contributed by atoms with Gasteiger partial charge in [-0.15, -0.1) is 0 Å². The summed E-state index contributed by atoms with van der Waals surface area (Å²) < 4.78 is 6.89. The first-order valence-corrected chi connectivity index (χ1v) is 7.34. The van der Waals surface area contributed by atoms with E-state index in [1.807, 2.05) is 12.5 Å². The molecule has 4 N–H and O–H groups in total. The Labute approximate surface area is 129 Å². The van der Waals surface area contributed by atoms with Crippen LogP contribution in [0.1, 0.15) is 34.5 Å². The number of anilines is 2. The molecule has 1 saturated carbocycles. The van der Waals surface area contributed by atoms with Crippen molar-refractivity contribution in [1.82, 2.24) is 9.55 Å². The Bertz CT molecular complexity index is 704. The van der Waals surface area contributed by atoms with Crippen LogP contribution in [-0.4, -0.2) is 22.6 Å². The molecular formula is C16H20N4O2. The maximum atomic E-state index is 11.8. The Morgan fingerprint density at radius 1 is 1.41 bits per heavy atom. The van der Waals surface area contributed by atoms with Crippen LogP contribution in [0.4, 0.5) is 11.4 Å². The summed E-state index contributed by atoms with van der Waals surface area (Å²) in [5.41, 5.74) is 15.3. The van der Waals surface area contributed by atoms with Crippen LogP contribution in [0, 0.1) is 5.92 Å². The van der Waals surface area contributed by atoms with Crippen LogP contribution in [0.15, 0.2) is 24.7 Å². The molecule has 0 bridgehead atoms. The Morgan fingerprint density at radius 2 is 2.18 bits per heavy atom. The van der Waals surface area contributed by atoms with Crippen molar-refractivity contribution in [2.24, 2.45) is 5.92 Å². The first-order valence-electron chi connectivity index (χ1n) is 7.34. The van der Waals surface area contributed by atoms with Gasteiger partial charge in [-0.05, 0) is 30.9 Å². The standard InChI is InChI=1S/C16H20N4O2/c1-22-16(21)12-4-5-14(17)13(15(12)18)6-11-7-19-9-20(11)8-10-2-3-10/h4-5,7,9-10H,2-3,6,8,17-18H2,1H3. The van der Waals surface area contributed by atoms with Gasteiger partial charge in [0.2, 0.25) is 0 Å². The average Bonchev–Trinajstić information content (AvgIpc) is 3.21. The lowest BCUT2D eigenvalue weighted by Crippen LogP contribution is -2.12. The summed E-state index contributed by atoms with van der Waals surface area (Å²) in [7, 11) is 1.34. The number of nitrogens with two attached hydrogens (primary N) is 2. The molecule has 0 unspecified atom stereocenters. The van der Waals surface area contributed by atoms with Crippen molar-refractivity contribution in [3.8, 4) is 0 Å². The van der Waals surface area contributed by atoms with Gasteiger partial charge in [0.05, 0.1) is 24.7 Å². The van der Waals surface area contributed by atoms with E-state index in [2.05, 4.69) is 9.55 Å². The van der Waals surface area contributed by atoms with Crippen molar-refractivity contribution in [2.75, 3.05) is 18.6 Å². The van der Waals surface area contributed by atoms with Crippen molar-refractivity contribution in [3.63, 3.8) is 0 Å². The molecule has 1 aromatic carbocycles. The molecule has 1 aromatic heterocycles. The lowest BCUT2D eigenvalue weighted by atomic mass is 10.0. The molecule has 2 aromatic rings. The first kappa shape index (κ1) is 14.4. The minimum absolute atomic E-state index is 0.347. The molecule has 0 saturated heterocycles. The second kappa shape index (κ2) is 5.71. The monoisotopic (exact) mass is 300 g/mol. The summed E-state index contributed by atoms with van der Waals surface area (Å²) in [6, 6.07) is 3.29. The summed E-state index contributed by atoms with van der Waals surface area (Å²) in [4.78, 5) is 16.0. The summed E-state index contributed by atoms with van der Waals surface area (Å²) in [6.45, 7) is 0.978. The maximum absolute atomic E-state index is 11.8. The Hall–Kier alpha value is -2.50. The molecule has 1 aliphatic carbocycles. The quantitative estimate of drug-likeness (QED) is 0.648. The van der Waals surface area contributed by atoms with E-state index in [0.717, 1.165) is 23.7 Å². The number of carbonyl (C=O) groups excluding carboxylic acids is 1. The Kier molecular flexibility index (Phi) is 3.75. The fourth-order valence-electron chi connectivity index (χ4n) is 2.59. The van der Waals surface area contributed by atoms with Crippen LogP contribution >= 0.6 is 0 Å². The number of nitrogen functional groups attached to an aromatic ring is 2. The van der Waals surface area contributed by atoms with E-state index in [4.69, 9.17) is 16.2 Å². The van der Waals surface area contributed by atoms with Crippen LogP contribution in [0.5, 0.6) is 0 Å². The fourth-order valence-corrected chi connectivity index (χ4v) is 2.59. The molecule has 0 aliphatic heterocycles. The third-order valence-corrected chi connectivity index (χ3v) is 4.11. The molecule has 0 radical (unpaired) electrons. The SMILES string of the molecule is COC(=O)c1ccc(N)c(Cc2cncn2CC2CC2)c1N. The van der Waals surface area contributed by atoms with Crippen molar-refractivity contribution in [3.05, 3.63) is 41.5 Å². The lowest BCUT2D eigenvalue weighted by molar-refractivity contribution is 0.0602. The van der Waals surface area contributed by atoms with Crippen LogP contribution in [0.3, 0.4) is 0 Å². The molecule has 1 heterocycles. The van der Waals surface area contributed by atoms with E-state index >= 15 is 0 Å². The van der Waals surface area contributed by atoms with E-state index < -0.39 is 5.97 Å². The molecule has 0 amide bonds. The van der Waals surface area contributed by atoms with E-state index in [-0.39, 0.29) is 0 Å². The molecule has 1 aliphatic rings. The van der Waals surface area contributed by atoms with Crippen molar-refractivity contribution in [1.29, 1.82) is 0 Å². The maximum Gasteiger partial charge on any atom is 0.339 e. The Balaban J connectivity index is 1.91. The third kappa shape index (κ3) is 2.77. The number of hydrogen-bond donors (Lipinski definition) is 2. The number of esters is 1. The van der Waals surface area contributed by atoms with E-state index in [9.17, 15) is 4.79 Å². The molecule has 0 spiro atoms. The van der Waals surface area contributed by atoms with Crippen LogP contribution in [0.2, 0.25) is 0 Å². The molecule has 0 atom stereocenters. The predicted molar refractivity (Wildman–Crippen MR) is 84.4 cm³/mol. The Morgan fingerprint density at radius 3 is 2.86 bits per heavy atom. The molecule has 3 rings (SSSR count). The number of benzene rings is 1. The smallest absolute Gasteiger partial charge is 0.339 e. The predicted octanol–water partition coefficient (Wildman–Crippen LogP) is 1.83. The number of methoxy groups -OCH3 is 1. The number of aromatic nitrogens is 2. The van der Waals surface area contributed by atoms with Gasteiger partial charge in [0.15, 0.2) is 0 Å². The van der Waals surface area contributed by atoms with E-state index in [1.54, 1.807) is 12.1 Å². The van der Waals surface area contributed by atoms with Crippen LogP contribution < -0.4 is 11.5 Å². The summed E-state index contributed by atoms with van der Waals surface area (Å²) in [5.74, 6) is 0.300. The normalized spacial score (nSPS) is 14.0. The minimum atomic E-state index is -0.453. The zero-order valence-corrected chi connectivity index (χ0v) is 12.6. The zero-order chi connectivity index (χ0) is 15.7. The molecule has 6 heteroatoms. The van der Waals surface area contributed by atoms with Gasteiger partial charge in [-0.1, -0.05) is 0 Å². The number of ether oxygens (including phenoxy) is 1. The summed E-state index contributed by atoms with van der Waals surface area (Å²) in [6.07, 6.45) is 6.77. The highest BCUT2D eigenvalue weighted by Crippen LogP contribution is 2.32. The zero-order valence-electron chi connectivity index (χ0n) is 12.6. The summed E-state index contributed by atoms with van der Waals surface area (Å²) >= 11 is 0. The lowest BCUT2D eigenvalue weighted by Gasteiger charge is -2.14. The third-order valence-electron chi connectivity index (χ3n) is 4.11. The van der Waals surface area contributed by atoms with Crippen molar-refractivity contribution >= 4 is 17.3 Å². The molecule has 1 fully saturated rings. The highest BCUT2D eigenvalue weighted by atomic mass is 16.5. The number of hydrogen-bond acceptors (Lipinski definition) is 5. The van der Waals surface area contributed by atoms with Crippen LogP contribution in [0.25, 0.3) is 0 Å². The van der Waals surface area contributed by atoms with Crippen molar-refractivity contribution < 1.29 is 9.53 Å². The van der Waals surface area contributed by atoms with Gasteiger partial charge in [-0.3, -0.25) is 0 Å². The van der Waals surface area contributed by atoms with Gasteiger partial charge in [-0.2, -0.15) is 0 Å².